The molecule has 1 fully saturated rings. The molecule has 0 radical (unpaired) electrons. The predicted octanol–water partition coefficient (Wildman–Crippen LogP) is 3.11. The number of carbonyl (C=O) groups is 1. The summed E-state index contributed by atoms with van der Waals surface area (Å²) in [6, 6.07) is 3.77. The molecule has 98 valence electrons. The largest absolute Gasteiger partial charge is 0.462 e. The molecule has 3 nitrogen and oxygen atoms in total. The highest BCUT2D eigenvalue weighted by Gasteiger charge is 2.23. The molecule has 2 rings (SSSR count). The second-order valence-corrected chi connectivity index (χ2v) is 5.47. The maximum atomic E-state index is 12.1. The Hall–Kier alpha value is -1.51. The van der Waals surface area contributed by atoms with Crippen LogP contribution in [0.5, 0.6) is 0 Å². The summed E-state index contributed by atoms with van der Waals surface area (Å²) in [7, 11) is 0. The van der Waals surface area contributed by atoms with E-state index in [1.54, 1.807) is 12.2 Å². The summed E-state index contributed by atoms with van der Waals surface area (Å²) in [5.74, 6) is 2.87. The summed E-state index contributed by atoms with van der Waals surface area (Å²) in [4.78, 5) is 14.0. The Morgan fingerprint density at radius 3 is 2.56 bits per heavy atom. The molecular formula is C15H21NO2. The van der Waals surface area contributed by atoms with Gasteiger partial charge in [0.1, 0.15) is 11.5 Å². The first-order chi connectivity index (χ1) is 8.54. The third kappa shape index (κ3) is 3.25. The van der Waals surface area contributed by atoms with Crippen molar-refractivity contribution in [2.24, 2.45) is 11.8 Å². The number of likely N-dealkylation sites (tertiary alicyclic amines) is 1. The number of hydrogen-bond acceptors (Lipinski definition) is 2. The minimum absolute atomic E-state index is 0.0856. The minimum Gasteiger partial charge on any atom is -0.462 e. The molecule has 2 heterocycles. The summed E-state index contributed by atoms with van der Waals surface area (Å²) < 4.78 is 5.41. The van der Waals surface area contributed by atoms with Crippen LogP contribution in [0.1, 0.15) is 31.8 Å². The number of furan rings is 1. The standard InChI is InChI=1S/C15H21NO2/c1-11-8-12(2)10-16(9-11)15(17)7-6-14-5-4-13(3)18-14/h4-7,11-12H,8-10H2,1-3H3/b7-6-/t11-,12+. The molecule has 3 heteroatoms. The summed E-state index contributed by atoms with van der Waals surface area (Å²) in [6.45, 7) is 8.04. The van der Waals surface area contributed by atoms with E-state index >= 15 is 0 Å². The molecule has 1 aromatic heterocycles. The number of amides is 1. The molecule has 0 unspecified atom stereocenters. The van der Waals surface area contributed by atoms with Crippen molar-refractivity contribution in [1.82, 2.24) is 4.90 Å². The molecule has 0 bridgehead atoms. The van der Waals surface area contributed by atoms with Crippen LogP contribution in [0.3, 0.4) is 0 Å². The Kier molecular flexibility index (Phi) is 3.90. The van der Waals surface area contributed by atoms with Gasteiger partial charge in [0, 0.05) is 19.2 Å². The van der Waals surface area contributed by atoms with Gasteiger partial charge in [0.25, 0.3) is 0 Å². The average Bonchev–Trinajstić information content (AvgIpc) is 2.70. The smallest absolute Gasteiger partial charge is 0.246 e. The van der Waals surface area contributed by atoms with E-state index in [1.807, 2.05) is 24.0 Å². The predicted molar refractivity (Wildman–Crippen MR) is 72.0 cm³/mol. The van der Waals surface area contributed by atoms with Crippen LogP contribution >= 0.6 is 0 Å². The Labute approximate surface area is 108 Å². The summed E-state index contributed by atoms with van der Waals surface area (Å²) in [5, 5.41) is 0. The van der Waals surface area contributed by atoms with Crippen LogP contribution in [0.25, 0.3) is 6.08 Å². The Morgan fingerprint density at radius 1 is 1.33 bits per heavy atom. The van der Waals surface area contributed by atoms with Gasteiger partial charge in [0.15, 0.2) is 0 Å². The zero-order valence-electron chi connectivity index (χ0n) is 11.3. The quantitative estimate of drug-likeness (QED) is 0.752. The first-order valence-electron chi connectivity index (χ1n) is 6.58. The Bertz CT molecular complexity index is 437. The van der Waals surface area contributed by atoms with Gasteiger partial charge in [-0.05, 0) is 43.4 Å². The van der Waals surface area contributed by atoms with Crippen molar-refractivity contribution < 1.29 is 9.21 Å². The van der Waals surface area contributed by atoms with Crippen LogP contribution in [-0.4, -0.2) is 23.9 Å². The van der Waals surface area contributed by atoms with Crippen LogP contribution in [0.4, 0.5) is 0 Å². The molecule has 0 aliphatic carbocycles. The van der Waals surface area contributed by atoms with Gasteiger partial charge in [0.05, 0.1) is 0 Å². The fraction of sp³-hybridized carbons (Fsp3) is 0.533. The second kappa shape index (κ2) is 5.42. The first-order valence-corrected chi connectivity index (χ1v) is 6.58. The van der Waals surface area contributed by atoms with Gasteiger partial charge in [-0.2, -0.15) is 0 Å². The number of aryl methyl sites for hydroxylation is 1. The van der Waals surface area contributed by atoms with E-state index in [9.17, 15) is 4.79 Å². The molecule has 1 amide bonds. The van der Waals surface area contributed by atoms with E-state index in [0.717, 1.165) is 24.6 Å². The molecular weight excluding hydrogens is 226 g/mol. The monoisotopic (exact) mass is 247 g/mol. The molecule has 2 atom stereocenters. The molecule has 0 aromatic carbocycles. The molecule has 1 aliphatic rings. The van der Waals surface area contributed by atoms with E-state index in [1.165, 1.54) is 6.42 Å². The topological polar surface area (TPSA) is 33.5 Å². The van der Waals surface area contributed by atoms with Gasteiger partial charge in [-0.3, -0.25) is 4.79 Å². The lowest BCUT2D eigenvalue weighted by Crippen LogP contribution is -2.41. The van der Waals surface area contributed by atoms with Crippen molar-refractivity contribution in [3.63, 3.8) is 0 Å². The zero-order valence-corrected chi connectivity index (χ0v) is 11.3. The van der Waals surface area contributed by atoms with Crippen LogP contribution in [-0.2, 0) is 4.79 Å². The maximum Gasteiger partial charge on any atom is 0.246 e. The van der Waals surface area contributed by atoms with Gasteiger partial charge < -0.3 is 9.32 Å². The van der Waals surface area contributed by atoms with E-state index in [2.05, 4.69) is 13.8 Å². The molecule has 0 spiro atoms. The van der Waals surface area contributed by atoms with E-state index in [-0.39, 0.29) is 5.91 Å². The molecule has 1 saturated heterocycles. The van der Waals surface area contributed by atoms with Crippen LogP contribution in [0.2, 0.25) is 0 Å². The molecule has 0 saturated carbocycles. The average molecular weight is 247 g/mol. The van der Waals surface area contributed by atoms with E-state index in [0.29, 0.717) is 11.8 Å². The van der Waals surface area contributed by atoms with Gasteiger partial charge in [-0.25, -0.2) is 0 Å². The fourth-order valence-corrected chi connectivity index (χ4v) is 2.64. The highest BCUT2D eigenvalue weighted by Crippen LogP contribution is 2.21. The fourth-order valence-electron chi connectivity index (χ4n) is 2.64. The van der Waals surface area contributed by atoms with Gasteiger partial charge in [0.2, 0.25) is 5.91 Å². The van der Waals surface area contributed by atoms with Gasteiger partial charge in [-0.15, -0.1) is 0 Å². The normalized spacial score (nSPS) is 24.7. The van der Waals surface area contributed by atoms with Gasteiger partial charge >= 0.3 is 0 Å². The number of piperidine rings is 1. The lowest BCUT2D eigenvalue weighted by molar-refractivity contribution is -0.128. The van der Waals surface area contributed by atoms with Crippen LogP contribution < -0.4 is 0 Å². The summed E-state index contributed by atoms with van der Waals surface area (Å²) >= 11 is 0. The van der Waals surface area contributed by atoms with Crippen molar-refractivity contribution in [3.05, 3.63) is 29.7 Å². The van der Waals surface area contributed by atoms with E-state index in [4.69, 9.17) is 4.42 Å². The van der Waals surface area contributed by atoms with E-state index < -0.39 is 0 Å². The zero-order chi connectivity index (χ0) is 13.1. The van der Waals surface area contributed by atoms with Crippen LogP contribution in [0, 0.1) is 18.8 Å². The number of carbonyl (C=O) groups excluding carboxylic acids is 1. The second-order valence-electron chi connectivity index (χ2n) is 5.47. The van der Waals surface area contributed by atoms with Crippen molar-refractivity contribution in [1.29, 1.82) is 0 Å². The number of hydrogen-bond donors (Lipinski definition) is 0. The number of nitrogens with zero attached hydrogens (tertiary/aromatic N) is 1. The maximum absolute atomic E-state index is 12.1. The first kappa shape index (κ1) is 12.9. The van der Waals surface area contributed by atoms with Crippen LogP contribution in [0.15, 0.2) is 22.6 Å². The minimum atomic E-state index is 0.0856. The Morgan fingerprint density at radius 2 is 2.00 bits per heavy atom. The lowest BCUT2D eigenvalue weighted by Gasteiger charge is -2.34. The number of rotatable bonds is 2. The highest BCUT2D eigenvalue weighted by atomic mass is 16.3. The summed E-state index contributed by atoms with van der Waals surface area (Å²) in [6.07, 6.45) is 4.58. The lowest BCUT2D eigenvalue weighted by atomic mass is 9.92. The molecule has 18 heavy (non-hydrogen) atoms. The third-order valence-corrected chi connectivity index (χ3v) is 3.33. The van der Waals surface area contributed by atoms with Crippen molar-refractivity contribution in [3.8, 4) is 0 Å². The van der Waals surface area contributed by atoms with Gasteiger partial charge in [-0.1, -0.05) is 13.8 Å². The highest BCUT2D eigenvalue weighted by molar-refractivity contribution is 5.91. The molecule has 1 aliphatic heterocycles. The molecule has 1 aromatic rings. The van der Waals surface area contributed by atoms with Crippen molar-refractivity contribution in [2.45, 2.75) is 27.2 Å². The third-order valence-electron chi connectivity index (χ3n) is 3.33. The van der Waals surface area contributed by atoms with Crippen molar-refractivity contribution in [2.75, 3.05) is 13.1 Å². The SMILES string of the molecule is Cc1ccc(/C=C\C(=O)N2C[C@H](C)C[C@H](C)C2)o1. The molecule has 0 N–H and O–H groups in total. The Balaban J connectivity index is 1.97. The summed E-state index contributed by atoms with van der Waals surface area (Å²) in [5.41, 5.74) is 0. The van der Waals surface area contributed by atoms with Crippen molar-refractivity contribution >= 4 is 12.0 Å².